The Bertz CT molecular complexity index is 514. The summed E-state index contributed by atoms with van der Waals surface area (Å²) in [5.41, 5.74) is 9.29. The summed E-state index contributed by atoms with van der Waals surface area (Å²) in [5.74, 6) is -0.305. The minimum Gasteiger partial charge on any atom is -0.399 e. The second-order valence-corrected chi connectivity index (χ2v) is 4.58. The molecule has 2 nitrogen and oxygen atoms in total. The molecule has 0 amide bonds. The van der Waals surface area contributed by atoms with Gasteiger partial charge in [-0.05, 0) is 30.7 Å². The fourth-order valence-corrected chi connectivity index (χ4v) is 1.88. The van der Waals surface area contributed by atoms with E-state index in [2.05, 4.69) is 31.2 Å². The van der Waals surface area contributed by atoms with E-state index >= 15 is 0 Å². The molecule has 0 radical (unpaired) electrons. The Kier molecular flexibility index (Phi) is 3.51. The number of aryl methyl sites for hydroxylation is 1. The average molecular weight is 244 g/mol. The summed E-state index contributed by atoms with van der Waals surface area (Å²) in [6, 6.07) is 12.9. The second kappa shape index (κ2) is 5.08. The van der Waals surface area contributed by atoms with Gasteiger partial charge in [-0.25, -0.2) is 4.39 Å². The van der Waals surface area contributed by atoms with E-state index in [0.717, 1.165) is 12.2 Å². The van der Waals surface area contributed by atoms with E-state index in [0.29, 0.717) is 5.69 Å². The number of nitrogen functional groups attached to an aromatic ring is 1. The van der Waals surface area contributed by atoms with Gasteiger partial charge in [-0.15, -0.1) is 0 Å². The van der Waals surface area contributed by atoms with E-state index in [-0.39, 0.29) is 5.82 Å². The molecule has 0 bridgehead atoms. The Hall–Kier alpha value is -2.03. The van der Waals surface area contributed by atoms with Crippen molar-refractivity contribution in [2.75, 3.05) is 17.7 Å². The molecule has 94 valence electrons. The largest absolute Gasteiger partial charge is 0.399 e. The number of hydrogen-bond donors (Lipinski definition) is 1. The first-order chi connectivity index (χ1) is 8.54. The third-order valence-electron chi connectivity index (χ3n) is 2.89. The Labute approximate surface area is 107 Å². The first-order valence-corrected chi connectivity index (χ1v) is 5.87. The van der Waals surface area contributed by atoms with E-state index in [1.54, 1.807) is 6.07 Å². The minimum atomic E-state index is -0.305. The molecule has 0 unspecified atom stereocenters. The lowest BCUT2D eigenvalue weighted by Crippen LogP contribution is -2.16. The van der Waals surface area contributed by atoms with Crippen LogP contribution >= 0.6 is 0 Å². The molecule has 0 heterocycles. The molecule has 0 aliphatic heterocycles. The van der Waals surface area contributed by atoms with Crippen molar-refractivity contribution in [3.63, 3.8) is 0 Å². The molecule has 0 spiro atoms. The first-order valence-electron chi connectivity index (χ1n) is 5.87. The fourth-order valence-electron chi connectivity index (χ4n) is 1.88. The van der Waals surface area contributed by atoms with Gasteiger partial charge >= 0.3 is 0 Å². The van der Waals surface area contributed by atoms with Crippen LogP contribution in [-0.4, -0.2) is 7.05 Å². The molecule has 18 heavy (non-hydrogen) atoms. The van der Waals surface area contributed by atoms with Crippen LogP contribution in [0.1, 0.15) is 11.1 Å². The molecule has 0 atom stereocenters. The van der Waals surface area contributed by atoms with Crippen molar-refractivity contribution in [1.82, 2.24) is 0 Å². The lowest BCUT2D eigenvalue weighted by molar-refractivity contribution is 0.628. The predicted molar refractivity (Wildman–Crippen MR) is 74.1 cm³/mol. The highest BCUT2D eigenvalue weighted by molar-refractivity contribution is 5.56. The molecule has 0 aromatic heterocycles. The monoisotopic (exact) mass is 244 g/mol. The van der Waals surface area contributed by atoms with Gasteiger partial charge in [0.15, 0.2) is 0 Å². The van der Waals surface area contributed by atoms with Gasteiger partial charge in [0.25, 0.3) is 0 Å². The van der Waals surface area contributed by atoms with Gasteiger partial charge < -0.3 is 10.6 Å². The number of rotatable bonds is 3. The van der Waals surface area contributed by atoms with Crippen LogP contribution in [0.2, 0.25) is 0 Å². The molecule has 2 N–H and O–H groups in total. The maximum atomic E-state index is 13.3. The second-order valence-electron chi connectivity index (χ2n) is 4.58. The topological polar surface area (TPSA) is 29.3 Å². The summed E-state index contributed by atoms with van der Waals surface area (Å²) >= 11 is 0. The molecule has 3 heteroatoms. The van der Waals surface area contributed by atoms with Crippen LogP contribution in [0, 0.1) is 12.7 Å². The van der Waals surface area contributed by atoms with Crippen molar-refractivity contribution in [2.45, 2.75) is 13.5 Å². The first kappa shape index (κ1) is 12.4. The smallest absolute Gasteiger partial charge is 0.127 e. The zero-order valence-electron chi connectivity index (χ0n) is 10.7. The fraction of sp³-hybridized carbons (Fsp3) is 0.200. The Morgan fingerprint density at radius 1 is 1.11 bits per heavy atom. The highest BCUT2D eigenvalue weighted by Crippen LogP contribution is 2.20. The number of hydrogen-bond acceptors (Lipinski definition) is 2. The van der Waals surface area contributed by atoms with Crippen LogP contribution in [-0.2, 0) is 6.54 Å². The van der Waals surface area contributed by atoms with Crippen molar-refractivity contribution in [2.24, 2.45) is 0 Å². The van der Waals surface area contributed by atoms with Gasteiger partial charge in [0.05, 0.1) is 0 Å². The van der Waals surface area contributed by atoms with Gasteiger partial charge in [-0.2, -0.15) is 0 Å². The molecular weight excluding hydrogens is 227 g/mol. The van der Waals surface area contributed by atoms with Gasteiger partial charge in [-0.1, -0.05) is 29.8 Å². The number of nitrogens with two attached hydrogens (primary N) is 1. The van der Waals surface area contributed by atoms with E-state index in [1.165, 1.54) is 23.3 Å². The third-order valence-corrected chi connectivity index (χ3v) is 2.89. The summed E-state index contributed by atoms with van der Waals surface area (Å²) < 4.78 is 13.3. The maximum absolute atomic E-state index is 13.3. The highest BCUT2D eigenvalue weighted by atomic mass is 19.1. The highest BCUT2D eigenvalue weighted by Gasteiger charge is 2.05. The zero-order valence-corrected chi connectivity index (χ0v) is 10.7. The molecule has 0 saturated carbocycles. The van der Waals surface area contributed by atoms with Crippen LogP contribution in [0.5, 0.6) is 0 Å². The molecular formula is C15H17FN2. The molecule has 0 fully saturated rings. The predicted octanol–water partition coefficient (Wildman–Crippen LogP) is 3.35. The van der Waals surface area contributed by atoms with Gasteiger partial charge in [-0.3, -0.25) is 0 Å². The van der Waals surface area contributed by atoms with E-state index in [4.69, 9.17) is 5.73 Å². The number of halogens is 1. The third kappa shape index (κ3) is 3.00. The zero-order chi connectivity index (χ0) is 13.1. The Balaban J connectivity index is 2.16. The van der Waals surface area contributed by atoms with Gasteiger partial charge in [0.2, 0.25) is 0 Å². The molecule has 0 saturated heterocycles. The van der Waals surface area contributed by atoms with Crippen molar-refractivity contribution in [3.05, 3.63) is 59.4 Å². The quantitative estimate of drug-likeness (QED) is 0.839. The van der Waals surface area contributed by atoms with Crippen molar-refractivity contribution in [1.29, 1.82) is 0 Å². The number of nitrogens with zero attached hydrogens (tertiary/aromatic N) is 1. The van der Waals surface area contributed by atoms with Crippen LogP contribution in [0.15, 0.2) is 42.5 Å². The van der Waals surface area contributed by atoms with E-state index in [9.17, 15) is 4.39 Å². The average Bonchev–Trinajstić information content (AvgIpc) is 2.31. The lowest BCUT2D eigenvalue weighted by Gasteiger charge is -2.20. The summed E-state index contributed by atoms with van der Waals surface area (Å²) in [6.45, 7) is 2.78. The van der Waals surface area contributed by atoms with Gasteiger partial charge in [0, 0.05) is 25.0 Å². The molecule has 0 aliphatic rings. The van der Waals surface area contributed by atoms with Gasteiger partial charge in [0.1, 0.15) is 5.82 Å². The van der Waals surface area contributed by atoms with Crippen LogP contribution in [0.4, 0.5) is 15.8 Å². The maximum Gasteiger partial charge on any atom is 0.127 e. The standard InChI is InChI=1S/C15H17FN2/c1-11-3-5-12(6-4-11)10-18(2)15-8-13(16)7-14(17)9-15/h3-9H,10,17H2,1-2H3. The summed E-state index contributed by atoms with van der Waals surface area (Å²) in [4.78, 5) is 1.98. The van der Waals surface area contributed by atoms with E-state index < -0.39 is 0 Å². The normalized spacial score (nSPS) is 10.4. The van der Waals surface area contributed by atoms with Crippen LogP contribution < -0.4 is 10.6 Å². The summed E-state index contributed by atoms with van der Waals surface area (Å²) in [5, 5.41) is 0. The molecule has 0 aliphatic carbocycles. The van der Waals surface area contributed by atoms with E-state index in [1.807, 2.05) is 11.9 Å². The Morgan fingerprint density at radius 2 is 1.78 bits per heavy atom. The Morgan fingerprint density at radius 3 is 2.39 bits per heavy atom. The van der Waals surface area contributed by atoms with Crippen molar-refractivity contribution >= 4 is 11.4 Å². The molecule has 2 aromatic carbocycles. The number of anilines is 2. The SMILES string of the molecule is Cc1ccc(CN(C)c2cc(N)cc(F)c2)cc1. The van der Waals surface area contributed by atoms with Crippen LogP contribution in [0.25, 0.3) is 0 Å². The summed E-state index contributed by atoms with van der Waals surface area (Å²) in [6.07, 6.45) is 0. The molecule has 2 aromatic rings. The molecule has 2 rings (SSSR count). The van der Waals surface area contributed by atoms with Crippen LogP contribution in [0.3, 0.4) is 0 Å². The number of benzene rings is 2. The lowest BCUT2D eigenvalue weighted by atomic mass is 10.1. The summed E-state index contributed by atoms with van der Waals surface area (Å²) in [7, 11) is 1.92. The van der Waals surface area contributed by atoms with Crippen molar-refractivity contribution in [3.8, 4) is 0 Å². The minimum absolute atomic E-state index is 0.305. The van der Waals surface area contributed by atoms with Crippen molar-refractivity contribution < 1.29 is 4.39 Å².